The van der Waals surface area contributed by atoms with Crippen molar-refractivity contribution >= 4 is 11.3 Å². The third-order valence-corrected chi connectivity index (χ3v) is 4.52. The summed E-state index contributed by atoms with van der Waals surface area (Å²) in [5.41, 5.74) is 2.99. The van der Waals surface area contributed by atoms with Gasteiger partial charge in [-0.2, -0.15) is 0 Å². The van der Waals surface area contributed by atoms with E-state index in [1.54, 1.807) is 11.3 Å². The number of nitrogens with two attached hydrogens (primary N) is 1. The van der Waals surface area contributed by atoms with Gasteiger partial charge in [0.05, 0.1) is 5.01 Å². The van der Waals surface area contributed by atoms with E-state index >= 15 is 0 Å². The summed E-state index contributed by atoms with van der Waals surface area (Å²) in [5, 5.41) is 3.23. The van der Waals surface area contributed by atoms with Crippen molar-refractivity contribution in [2.24, 2.45) is 17.7 Å². The van der Waals surface area contributed by atoms with Crippen molar-refractivity contribution in [3.05, 3.63) is 16.6 Å². The van der Waals surface area contributed by atoms with Crippen molar-refractivity contribution in [1.82, 2.24) is 10.4 Å². The Balaban J connectivity index is 1.89. The second-order valence-electron chi connectivity index (χ2n) is 4.92. The molecule has 0 radical (unpaired) electrons. The van der Waals surface area contributed by atoms with Crippen LogP contribution in [0, 0.1) is 11.8 Å². The quantitative estimate of drug-likeness (QED) is 0.626. The summed E-state index contributed by atoms with van der Waals surface area (Å²) in [6.07, 6.45) is 8.16. The summed E-state index contributed by atoms with van der Waals surface area (Å²) in [5.74, 6) is 7.31. The highest BCUT2D eigenvalue weighted by atomic mass is 32.1. The van der Waals surface area contributed by atoms with E-state index in [1.165, 1.54) is 30.7 Å². The molecule has 3 N–H and O–H groups in total. The molecule has 1 aromatic rings. The van der Waals surface area contributed by atoms with Crippen LogP contribution in [0.3, 0.4) is 0 Å². The third kappa shape index (κ3) is 3.03. The second-order valence-corrected chi connectivity index (χ2v) is 5.90. The fourth-order valence-corrected chi connectivity index (χ4v) is 3.27. The van der Waals surface area contributed by atoms with Gasteiger partial charge in [0.25, 0.3) is 0 Å². The van der Waals surface area contributed by atoms with Crippen LogP contribution in [0.2, 0.25) is 0 Å². The molecule has 1 aliphatic carbocycles. The number of hydrazine groups is 1. The van der Waals surface area contributed by atoms with Crippen LogP contribution in [0.15, 0.2) is 11.6 Å². The van der Waals surface area contributed by atoms with E-state index in [4.69, 9.17) is 5.84 Å². The Hall–Kier alpha value is -0.450. The van der Waals surface area contributed by atoms with Crippen LogP contribution in [-0.4, -0.2) is 11.0 Å². The summed E-state index contributed by atoms with van der Waals surface area (Å²) in [4.78, 5) is 4.34. The van der Waals surface area contributed by atoms with Gasteiger partial charge in [0.1, 0.15) is 0 Å². The monoisotopic (exact) mass is 239 g/mol. The molecule has 0 aliphatic heterocycles. The van der Waals surface area contributed by atoms with Crippen molar-refractivity contribution in [3.63, 3.8) is 0 Å². The molecule has 1 atom stereocenters. The van der Waals surface area contributed by atoms with Crippen LogP contribution < -0.4 is 11.3 Å². The van der Waals surface area contributed by atoms with Crippen molar-refractivity contribution in [2.75, 3.05) is 0 Å². The number of hydrogen-bond acceptors (Lipinski definition) is 4. The number of thiazole rings is 1. The fraction of sp³-hybridized carbons (Fsp3) is 0.750. The first-order valence-electron chi connectivity index (χ1n) is 6.14. The van der Waals surface area contributed by atoms with Crippen LogP contribution >= 0.6 is 11.3 Å². The Morgan fingerprint density at radius 3 is 2.81 bits per heavy atom. The molecule has 1 fully saturated rings. The van der Waals surface area contributed by atoms with Crippen LogP contribution in [0.25, 0.3) is 0 Å². The minimum Gasteiger partial charge on any atom is -0.271 e. The van der Waals surface area contributed by atoms with Crippen molar-refractivity contribution in [2.45, 2.75) is 45.1 Å². The molecule has 0 spiro atoms. The molecule has 0 bridgehead atoms. The Kier molecular flexibility index (Phi) is 4.32. The first kappa shape index (κ1) is 12.0. The molecule has 2 rings (SSSR count). The number of aromatic nitrogens is 1. The zero-order chi connectivity index (χ0) is 11.4. The lowest BCUT2D eigenvalue weighted by Gasteiger charge is -2.32. The molecule has 90 valence electrons. The Bertz CT molecular complexity index is 291. The number of rotatable bonds is 4. The van der Waals surface area contributed by atoms with Gasteiger partial charge in [-0.15, -0.1) is 11.3 Å². The highest BCUT2D eigenvalue weighted by Gasteiger charge is 2.25. The molecule has 3 nitrogen and oxygen atoms in total. The summed E-state index contributed by atoms with van der Waals surface area (Å²) < 4.78 is 0. The van der Waals surface area contributed by atoms with Crippen LogP contribution in [0.4, 0.5) is 0 Å². The van der Waals surface area contributed by atoms with Gasteiger partial charge in [0, 0.05) is 24.0 Å². The third-order valence-electron chi connectivity index (χ3n) is 3.72. The van der Waals surface area contributed by atoms with E-state index in [1.807, 2.05) is 11.6 Å². The van der Waals surface area contributed by atoms with Gasteiger partial charge in [-0.25, -0.2) is 4.98 Å². The Morgan fingerprint density at radius 1 is 1.50 bits per heavy atom. The van der Waals surface area contributed by atoms with E-state index in [9.17, 15) is 0 Å². The van der Waals surface area contributed by atoms with Crippen LogP contribution in [0.5, 0.6) is 0 Å². The van der Waals surface area contributed by atoms with Crippen molar-refractivity contribution < 1.29 is 0 Å². The smallest absolute Gasteiger partial charge is 0.0940 e. The molecule has 1 unspecified atom stereocenters. The lowest BCUT2D eigenvalue weighted by Crippen LogP contribution is -2.43. The molecule has 16 heavy (non-hydrogen) atoms. The van der Waals surface area contributed by atoms with Gasteiger partial charge in [0.2, 0.25) is 0 Å². The Morgan fingerprint density at radius 2 is 2.25 bits per heavy atom. The SMILES string of the molecule is CC1CCC(C(Cc2nccs2)NN)CC1. The summed E-state index contributed by atoms with van der Waals surface area (Å²) in [6.45, 7) is 2.35. The van der Waals surface area contributed by atoms with Gasteiger partial charge < -0.3 is 0 Å². The van der Waals surface area contributed by atoms with Gasteiger partial charge >= 0.3 is 0 Å². The van der Waals surface area contributed by atoms with Gasteiger partial charge in [-0.3, -0.25) is 11.3 Å². The first-order chi connectivity index (χ1) is 7.79. The largest absolute Gasteiger partial charge is 0.271 e. The molecular weight excluding hydrogens is 218 g/mol. The lowest BCUT2D eigenvalue weighted by atomic mass is 9.78. The maximum atomic E-state index is 5.68. The molecule has 0 amide bonds. The standard InChI is InChI=1S/C12H21N3S/c1-9-2-4-10(5-3-9)11(15-13)8-12-14-6-7-16-12/h6-7,9-11,15H,2-5,8,13H2,1H3. The van der Waals surface area contributed by atoms with Crippen LogP contribution in [0.1, 0.15) is 37.6 Å². The average molecular weight is 239 g/mol. The molecule has 1 aliphatic rings. The lowest BCUT2D eigenvalue weighted by molar-refractivity contribution is 0.229. The zero-order valence-electron chi connectivity index (χ0n) is 9.86. The topological polar surface area (TPSA) is 50.9 Å². The van der Waals surface area contributed by atoms with E-state index in [2.05, 4.69) is 17.3 Å². The fourth-order valence-electron chi connectivity index (χ4n) is 2.59. The molecule has 4 heteroatoms. The minimum atomic E-state index is 0.402. The van der Waals surface area contributed by atoms with Gasteiger partial charge in [0.15, 0.2) is 0 Å². The highest BCUT2D eigenvalue weighted by molar-refractivity contribution is 7.09. The van der Waals surface area contributed by atoms with Crippen molar-refractivity contribution in [3.8, 4) is 0 Å². The Labute approximate surface area is 101 Å². The predicted octanol–water partition coefficient (Wildman–Crippen LogP) is 2.34. The van der Waals surface area contributed by atoms with E-state index in [0.29, 0.717) is 6.04 Å². The normalized spacial score (nSPS) is 27.9. The summed E-state index contributed by atoms with van der Waals surface area (Å²) in [7, 11) is 0. The molecule has 0 saturated heterocycles. The van der Waals surface area contributed by atoms with Gasteiger partial charge in [-0.05, 0) is 24.7 Å². The predicted molar refractivity (Wildman–Crippen MR) is 68.1 cm³/mol. The van der Waals surface area contributed by atoms with E-state index < -0.39 is 0 Å². The average Bonchev–Trinajstić information content (AvgIpc) is 2.80. The van der Waals surface area contributed by atoms with Gasteiger partial charge in [-0.1, -0.05) is 19.8 Å². The molecule has 1 heterocycles. The first-order valence-corrected chi connectivity index (χ1v) is 7.02. The van der Waals surface area contributed by atoms with Crippen LogP contribution in [-0.2, 0) is 6.42 Å². The summed E-state index contributed by atoms with van der Waals surface area (Å²) >= 11 is 1.72. The van der Waals surface area contributed by atoms with E-state index in [0.717, 1.165) is 18.3 Å². The number of nitrogens with zero attached hydrogens (tertiary/aromatic N) is 1. The molecule has 1 aromatic heterocycles. The van der Waals surface area contributed by atoms with Crippen molar-refractivity contribution in [1.29, 1.82) is 0 Å². The maximum absolute atomic E-state index is 5.68. The highest BCUT2D eigenvalue weighted by Crippen LogP contribution is 2.31. The zero-order valence-corrected chi connectivity index (χ0v) is 10.7. The minimum absolute atomic E-state index is 0.402. The number of nitrogens with one attached hydrogen (secondary N) is 1. The molecule has 0 aromatic carbocycles. The molecule has 1 saturated carbocycles. The second kappa shape index (κ2) is 5.75. The van der Waals surface area contributed by atoms with E-state index in [-0.39, 0.29) is 0 Å². The maximum Gasteiger partial charge on any atom is 0.0940 e. The molecular formula is C12H21N3S. The summed E-state index contributed by atoms with van der Waals surface area (Å²) in [6, 6.07) is 0.402. The number of hydrogen-bond donors (Lipinski definition) is 2.